The number of ketones is 1. The zero-order valence-corrected chi connectivity index (χ0v) is 18.2. The van der Waals surface area contributed by atoms with Crippen molar-refractivity contribution in [2.75, 3.05) is 7.11 Å². The van der Waals surface area contributed by atoms with Crippen molar-refractivity contribution in [3.63, 3.8) is 0 Å². The van der Waals surface area contributed by atoms with Crippen LogP contribution >= 0.6 is 0 Å². The summed E-state index contributed by atoms with van der Waals surface area (Å²) in [5, 5.41) is 0. The van der Waals surface area contributed by atoms with E-state index in [-0.39, 0.29) is 11.2 Å². The molecule has 0 heterocycles. The third-order valence-corrected chi connectivity index (χ3v) is 4.87. The van der Waals surface area contributed by atoms with Gasteiger partial charge in [0.2, 0.25) is 0 Å². The summed E-state index contributed by atoms with van der Waals surface area (Å²) in [6.45, 7) is 11.8. The van der Waals surface area contributed by atoms with E-state index in [0.29, 0.717) is 11.1 Å². The van der Waals surface area contributed by atoms with Crippen LogP contribution in [0.3, 0.4) is 0 Å². The second kappa shape index (κ2) is 9.33. The molecule has 29 heavy (non-hydrogen) atoms. The molecule has 2 aromatic rings. The van der Waals surface area contributed by atoms with Gasteiger partial charge in [0.05, 0.1) is 0 Å². The number of hydrogen-bond donors (Lipinski definition) is 0. The van der Waals surface area contributed by atoms with Crippen LogP contribution in [0.5, 0.6) is 0 Å². The predicted molar refractivity (Wildman–Crippen MR) is 112 cm³/mol. The summed E-state index contributed by atoms with van der Waals surface area (Å²) in [6.07, 6.45) is -0.736. The summed E-state index contributed by atoms with van der Waals surface area (Å²) in [6, 6.07) is 12.9. The van der Waals surface area contributed by atoms with Gasteiger partial charge in [-0.25, -0.2) is 4.79 Å². The predicted octanol–water partition coefficient (Wildman–Crippen LogP) is 5.03. The van der Waals surface area contributed by atoms with Crippen molar-refractivity contribution >= 4 is 11.8 Å². The third kappa shape index (κ3) is 5.52. The first-order valence-electron chi connectivity index (χ1n) is 9.67. The maximum Gasteiger partial charge on any atom is 0.357 e. The summed E-state index contributed by atoms with van der Waals surface area (Å²) in [5.41, 5.74) is 3.84. The number of aryl methyl sites for hydroxylation is 2. The van der Waals surface area contributed by atoms with E-state index in [1.54, 1.807) is 31.2 Å². The van der Waals surface area contributed by atoms with Crippen LogP contribution in [0.25, 0.3) is 0 Å². The molecule has 5 nitrogen and oxygen atoms in total. The molecule has 0 saturated carbocycles. The standard InChI is InChI=1S/C24H30O5/c1-15-13-19(24(4,5)6)14-16(2)20(15)22(25)21(18-11-9-8-10-12-18)23(26)29-28-17(3)27-7/h8-14,17,21H,1-7H3. The van der Waals surface area contributed by atoms with Crippen LogP contribution in [0.2, 0.25) is 0 Å². The van der Waals surface area contributed by atoms with Crippen molar-refractivity contribution in [3.8, 4) is 0 Å². The van der Waals surface area contributed by atoms with Gasteiger partial charge in [-0.3, -0.25) is 9.68 Å². The molecule has 0 aromatic heterocycles. The fraction of sp³-hybridized carbons (Fsp3) is 0.417. The number of methoxy groups -OCH3 is 1. The zero-order valence-electron chi connectivity index (χ0n) is 18.2. The smallest absolute Gasteiger partial charge is 0.352 e. The van der Waals surface area contributed by atoms with Crippen LogP contribution in [0.4, 0.5) is 0 Å². The van der Waals surface area contributed by atoms with Crippen LogP contribution in [0, 0.1) is 13.8 Å². The lowest BCUT2D eigenvalue weighted by Gasteiger charge is -2.23. The van der Waals surface area contributed by atoms with Gasteiger partial charge >= 0.3 is 5.97 Å². The van der Waals surface area contributed by atoms with E-state index in [9.17, 15) is 9.59 Å². The molecule has 0 spiro atoms. The van der Waals surface area contributed by atoms with E-state index in [2.05, 4.69) is 20.8 Å². The summed E-state index contributed by atoms with van der Waals surface area (Å²) >= 11 is 0. The Bertz CT molecular complexity index is 842. The lowest BCUT2D eigenvalue weighted by Crippen LogP contribution is -2.27. The molecule has 0 aliphatic carbocycles. The number of benzene rings is 2. The third-order valence-electron chi connectivity index (χ3n) is 4.87. The molecule has 0 aliphatic rings. The maximum absolute atomic E-state index is 13.5. The molecule has 0 amide bonds. The molecule has 2 rings (SSSR count). The summed E-state index contributed by atoms with van der Waals surface area (Å²) < 4.78 is 4.93. The molecule has 0 aliphatic heterocycles. The van der Waals surface area contributed by atoms with E-state index in [4.69, 9.17) is 14.5 Å². The van der Waals surface area contributed by atoms with Crippen molar-refractivity contribution in [2.24, 2.45) is 0 Å². The monoisotopic (exact) mass is 398 g/mol. The van der Waals surface area contributed by atoms with Gasteiger partial charge in [-0.15, -0.1) is 0 Å². The van der Waals surface area contributed by atoms with Crippen LogP contribution < -0.4 is 0 Å². The Morgan fingerprint density at radius 3 is 2.00 bits per heavy atom. The highest BCUT2D eigenvalue weighted by atomic mass is 17.2. The highest BCUT2D eigenvalue weighted by Crippen LogP contribution is 2.31. The van der Waals surface area contributed by atoms with Gasteiger partial charge in [0.25, 0.3) is 0 Å². The minimum atomic E-state index is -1.13. The quantitative estimate of drug-likeness (QED) is 0.215. The average Bonchev–Trinajstić information content (AvgIpc) is 2.65. The zero-order chi connectivity index (χ0) is 21.8. The molecule has 0 bridgehead atoms. The molecule has 0 N–H and O–H groups in total. The molecule has 2 atom stereocenters. The molecule has 2 aromatic carbocycles. The summed E-state index contributed by atoms with van der Waals surface area (Å²) in [7, 11) is 1.43. The largest absolute Gasteiger partial charge is 0.357 e. The molecule has 0 radical (unpaired) electrons. The number of ether oxygens (including phenoxy) is 1. The van der Waals surface area contributed by atoms with Gasteiger partial charge in [0.1, 0.15) is 5.92 Å². The minimum Gasteiger partial charge on any atom is -0.352 e. The molecular formula is C24H30O5. The highest BCUT2D eigenvalue weighted by Gasteiger charge is 2.34. The maximum atomic E-state index is 13.5. The fourth-order valence-electron chi connectivity index (χ4n) is 3.17. The first-order chi connectivity index (χ1) is 13.6. The van der Waals surface area contributed by atoms with E-state index in [1.807, 2.05) is 32.0 Å². The summed E-state index contributed by atoms with van der Waals surface area (Å²) in [5.74, 6) is -2.22. The first-order valence-corrected chi connectivity index (χ1v) is 9.67. The molecule has 0 saturated heterocycles. The average molecular weight is 398 g/mol. The van der Waals surface area contributed by atoms with Crippen LogP contribution in [0.15, 0.2) is 42.5 Å². The van der Waals surface area contributed by atoms with Crippen molar-refractivity contribution in [3.05, 3.63) is 70.3 Å². The van der Waals surface area contributed by atoms with Gasteiger partial charge in [-0.05, 0) is 48.4 Å². The molecular weight excluding hydrogens is 368 g/mol. The Morgan fingerprint density at radius 2 is 1.52 bits per heavy atom. The number of hydrogen-bond acceptors (Lipinski definition) is 5. The normalized spacial score (nSPS) is 13.6. The Balaban J connectivity index is 2.46. The Labute approximate surface area is 172 Å². The molecule has 156 valence electrons. The number of Topliss-reactive ketones (excluding diaryl/α,β-unsaturated/α-hetero) is 1. The fourth-order valence-corrected chi connectivity index (χ4v) is 3.17. The number of carbonyl (C=O) groups is 2. The second-order valence-electron chi connectivity index (χ2n) is 8.24. The second-order valence-corrected chi connectivity index (χ2v) is 8.24. The lowest BCUT2D eigenvalue weighted by molar-refractivity contribution is -0.342. The van der Waals surface area contributed by atoms with Gasteiger partial charge in [-0.1, -0.05) is 63.2 Å². The van der Waals surface area contributed by atoms with Crippen molar-refractivity contribution in [1.82, 2.24) is 0 Å². The Kier molecular flexibility index (Phi) is 7.33. The highest BCUT2D eigenvalue weighted by molar-refractivity contribution is 6.14. The Morgan fingerprint density at radius 1 is 0.966 bits per heavy atom. The first kappa shape index (κ1) is 22.8. The van der Waals surface area contributed by atoms with Crippen molar-refractivity contribution in [2.45, 2.75) is 59.2 Å². The number of rotatable bonds is 7. The molecule has 5 heteroatoms. The van der Waals surface area contributed by atoms with E-state index in [1.165, 1.54) is 7.11 Å². The van der Waals surface area contributed by atoms with E-state index < -0.39 is 18.2 Å². The van der Waals surface area contributed by atoms with E-state index in [0.717, 1.165) is 16.7 Å². The van der Waals surface area contributed by atoms with Crippen LogP contribution in [0.1, 0.15) is 66.2 Å². The van der Waals surface area contributed by atoms with Gasteiger partial charge < -0.3 is 4.74 Å². The summed E-state index contributed by atoms with van der Waals surface area (Å²) in [4.78, 5) is 36.2. The lowest BCUT2D eigenvalue weighted by atomic mass is 9.81. The van der Waals surface area contributed by atoms with E-state index >= 15 is 0 Å². The van der Waals surface area contributed by atoms with Crippen molar-refractivity contribution < 1.29 is 24.1 Å². The molecule has 0 fully saturated rings. The Hall–Kier alpha value is -2.50. The van der Waals surface area contributed by atoms with Gasteiger partial charge in [0.15, 0.2) is 12.1 Å². The van der Waals surface area contributed by atoms with Crippen molar-refractivity contribution in [1.29, 1.82) is 0 Å². The van der Waals surface area contributed by atoms with Crippen LogP contribution in [-0.4, -0.2) is 25.2 Å². The molecule has 2 unspecified atom stereocenters. The topological polar surface area (TPSA) is 61.8 Å². The van der Waals surface area contributed by atoms with Gasteiger partial charge in [-0.2, -0.15) is 4.89 Å². The number of carbonyl (C=O) groups excluding carboxylic acids is 2. The van der Waals surface area contributed by atoms with Crippen LogP contribution in [-0.2, 0) is 24.7 Å². The van der Waals surface area contributed by atoms with Gasteiger partial charge in [0, 0.05) is 12.7 Å². The minimum absolute atomic E-state index is 0.0427. The SMILES string of the molecule is COC(C)OOC(=O)C(C(=O)c1c(C)cc(C(C)(C)C)cc1C)c1ccccc1.